The number of amides is 1. The van der Waals surface area contributed by atoms with Crippen LogP contribution >= 0.6 is 0 Å². The van der Waals surface area contributed by atoms with Gasteiger partial charge in [-0.05, 0) is 51.3 Å². The third-order valence-electron chi connectivity index (χ3n) is 5.55. The topological polar surface area (TPSA) is 92.5 Å². The minimum atomic E-state index is -0.412. The summed E-state index contributed by atoms with van der Waals surface area (Å²) in [7, 11) is 0. The molecule has 8 nitrogen and oxygen atoms in total. The van der Waals surface area contributed by atoms with Gasteiger partial charge in [-0.1, -0.05) is 12.1 Å². The van der Waals surface area contributed by atoms with E-state index in [2.05, 4.69) is 35.6 Å². The molecule has 1 saturated heterocycles. The summed E-state index contributed by atoms with van der Waals surface area (Å²) in [5.74, 6) is 1.09. The second-order valence-corrected chi connectivity index (χ2v) is 8.14. The molecule has 31 heavy (non-hydrogen) atoms. The predicted molar refractivity (Wildman–Crippen MR) is 119 cm³/mol. The predicted octanol–water partition coefficient (Wildman–Crippen LogP) is 3.94. The van der Waals surface area contributed by atoms with E-state index in [1.807, 2.05) is 24.3 Å². The Morgan fingerprint density at radius 2 is 2.03 bits per heavy atom. The number of hydrogen-bond donors (Lipinski definition) is 2. The first kappa shape index (κ1) is 21.1. The van der Waals surface area contributed by atoms with Crippen molar-refractivity contribution >= 4 is 22.9 Å². The lowest BCUT2D eigenvalue weighted by Gasteiger charge is -2.18. The Labute approximate surface area is 181 Å². The largest absolute Gasteiger partial charge is 0.494 e. The summed E-state index contributed by atoms with van der Waals surface area (Å²) in [6.07, 6.45) is 5.14. The second kappa shape index (κ2) is 9.34. The number of fused-ring (bicyclic) bond motifs is 1. The minimum absolute atomic E-state index is 0.213. The Kier molecular flexibility index (Phi) is 6.36. The fourth-order valence-electron chi connectivity index (χ4n) is 3.93. The summed E-state index contributed by atoms with van der Waals surface area (Å²) in [5, 5.41) is 9.60. The van der Waals surface area contributed by atoms with Crippen LogP contribution in [-0.2, 0) is 4.79 Å². The summed E-state index contributed by atoms with van der Waals surface area (Å²) >= 11 is 0. The van der Waals surface area contributed by atoms with Crippen LogP contribution in [0, 0.1) is 0 Å². The molecule has 0 aliphatic carbocycles. The zero-order valence-electron chi connectivity index (χ0n) is 18.0. The number of aromatic nitrogens is 3. The molecule has 4 rings (SSSR count). The molecule has 1 aliphatic heterocycles. The lowest BCUT2D eigenvalue weighted by Crippen LogP contribution is -2.21. The smallest absolute Gasteiger partial charge is 0.243 e. The Morgan fingerprint density at radius 3 is 2.77 bits per heavy atom. The molecule has 1 aromatic carbocycles. The van der Waals surface area contributed by atoms with Crippen molar-refractivity contribution < 1.29 is 14.7 Å². The van der Waals surface area contributed by atoms with Crippen molar-refractivity contribution in [3.05, 3.63) is 36.5 Å². The van der Waals surface area contributed by atoms with Crippen LogP contribution in [0.3, 0.4) is 0 Å². The maximum atomic E-state index is 11.1. The molecule has 164 valence electrons. The molecular weight excluding hydrogens is 394 g/mol. The number of carbonyl (C=O) groups excluding carboxylic acids is 1. The van der Waals surface area contributed by atoms with E-state index in [-0.39, 0.29) is 6.42 Å². The highest BCUT2D eigenvalue weighted by Crippen LogP contribution is 2.32. The molecule has 3 heterocycles. The van der Waals surface area contributed by atoms with Gasteiger partial charge in [0.05, 0.1) is 12.3 Å². The first-order valence-corrected chi connectivity index (χ1v) is 10.9. The summed E-state index contributed by atoms with van der Waals surface area (Å²) in [4.78, 5) is 23.3. The van der Waals surface area contributed by atoms with Gasteiger partial charge in [-0.15, -0.1) is 0 Å². The number of rotatable bonds is 8. The molecule has 0 radical (unpaired) electrons. The van der Waals surface area contributed by atoms with Crippen molar-refractivity contribution in [3.63, 3.8) is 0 Å². The van der Waals surface area contributed by atoms with Crippen molar-refractivity contribution in [2.45, 2.75) is 45.6 Å². The molecule has 0 unspecified atom stereocenters. The first-order chi connectivity index (χ1) is 15.1. The SMILES string of the molecule is CC(C)n1ccc2c(-c3cccc(OCCCC(=O)NO)c3)nc(N3CCCC3)nc21. The second-order valence-electron chi connectivity index (χ2n) is 8.14. The average molecular weight is 424 g/mol. The van der Waals surface area contributed by atoms with Crippen molar-refractivity contribution in [1.82, 2.24) is 20.0 Å². The highest BCUT2D eigenvalue weighted by atomic mass is 16.5. The molecule has 3 aromatic rings. The van der Waals surface area contributed by atoms with Gasteiger partial charge in [-0.25, -0.2) is 10.5 Å². The van der Waals surface area contributed by atoms with E-state index in [9.17, 15) is 4.79 Å². The van der Waals surface area contributed by atoms with Gasteiger partial charge in [0.2, 0.25) is 11.9 Å². The Morgan fingerprint density at radius 1 is 1.23 bits per heavy atom. The van der Waals surface area contributed by atoms with Crippen LogP contribution < -0.4 is 15.1 Å². The summed E-state index contributed by atoms with van der Waals surface area (Å²) in [6.45, 7) is 6.67. The van der Waals surface area contributed by atoms with E-state index in [0.29, 0.717) is 19.1 Å². The standard InChI is InChI=1S/C23H29N5O3/c1-16(2)28-13-10-19-21(24-23(25-22(19)28)27-11-3-4-12-27)17-7-5-8-18(15-17)31-14-6-9-20(29)26-30/h5,7-8,10,13,15-16,30H,3-4,6,9,11-12,14H2,1-2H3,(H,26,29). The maximum Gasteiger partial charge on any atom is 0.243 e. The molecule has 0 atom stereocenters. The Bertz CT molecular complexity index is 1060. The lowest BCUT2D eigenvalue weighted by molar-refractivity contribution is -0.129. The van der Waals surface area contributed by atoms with Gasteiger partial charge in [-0.3, -0.25) is 10.0 Å². The monoisotopic (exact) mass is 423 g/mol. The highest BCUT2D eigenvalue weighted by molar-refractivity contribution is 5.92. The van der Waals surface area contributed by atoms with E-state index in [1.165, 1.54) is 12.8 Å². The van der Waals surface area contributed by atoms with E-state index in [4.69, 9.17) is 19.9 Å². The average Bonchev–Trinajstić information content (AvgIpc) is 3.46. The molecule has 8 heteroatoms. The number of benzene rings is 1. The van der Waals surface area contributed by atoms with Gasteiger partial charge in [-0.2, -0.15) is 4.98 Å². The molecule has 2 N–H and O–H groups in total. The van der Waals surface area contributed by atoms with Gasteiger partial charge in [0.1, 0.15) is 11.4 Å². The number of carbonyl (C=O) groups is 1. The quantitative estimate of drug-likeness (QED) is 0.324. The third-order valence-corrected chi connectivity index (χ3v) is 5.55. The number of nitrogens with one attached hydrogen (secondary N) is 1. The van der Waals surface area contributed by atoms with Crippen molar-refractivity contribution in [2.24, 2.45) is 0 Å². The number of anilines is 1. The molecule has 2 aromatic heterocycles. The van der Waals surface area contributed by atoms with Crippen molar-refractivity contribution in [1.29, 1.82) is 0 Å². The van der Waals surface area contributed by atoms with Gasteiger partial charge in [0.25, 0.3) is 0 Å². The van der Waals surface area contributed by atoms with Gasteiger partial charge >= 0.3 is 0 Å². The third kappa shape index (κ3) is 4.64. The fraction of sp³-hybridized carbons (Fsp3) is 0.435. The number of hydroxylamine groups is 1. The Hall–Kier alpha value is -3.13. The zero-order valence-corrected chi connectivity index (χ0v) is 18.0. The van der Waals surface area contributed by atoms with E-state index < -0.39 is 5.91 Å². The molecule has 0 spiro atoms. The van der Waals surface area contributed by atoms with Crippen LogP contribution in [0.2, 0.25) is 0 Å². The summed E-state index contributed by atoms with van der Waals surface area (Å²) < 4.78 is 8.02. The van der Waals surface area contributed by atoms with Crippen molar-refractivity contribution in [2.75, 3.05) is 24.6 Å². The lowest BCUT2D eigenvalue weighted by atomic mass is 10.1. The normalized spacial score (nSPS) is 13.9. The summed E-state index contributed by atoms with van der Waals surface area (Å²) in [6, 6.07) is 10.3. The van der Waals surface area contributed by atoms with Crippen LogP contribution in [0.5, 0.6) is 5.75 Å². The van der Waals surface area contributed by atoms with E-state index >= 15 is 0 Å². The van der Waals surface area contributed by atoms with Gasteiger partial charge in [0.15, 0.2) is 0 Å². The molecule has 1 fully saturated rings. The van der Waals surface area contributed by atoms with Gasteiger partial charge < -0.3 is 14.2 Å². The van der Waals surface area contributed by atoms with Crippen LogP contribution in [0.1, 0.15) is 45.6 Å². The van der Waals surface area contributed by atoms with E-state index in [0.717, 1.165) is 47.1 Å². The fourth-order valence-corrected chi connectivity index (χ4v) is 3.93. The molecular formula is C23H29N5O3. The maximum absolute atomic E-state index is 11.1. The van der Waals surface area contributed by atoms with Crippen LogP contribution in [0.4, 0.5) is 5.95 Å². The molecule has 0 saturated carbocycles. The molecule has 1 amide bonds. The minimum Gasteiger partial charge on any atom is -0.494 e. The van der Waals surface area contributed by atoms with Crippen LogP contribution in [0.15, 0.2) is 36.5 Å². The number of hydrogen-bond acceptors (Lipinski definition) is 6. The van der Waals surface area contributed by atoms with Crippen molar-refractivity contribution in [3.8, 4) is 17.0 Å². The first-order valence-electron chi connectivity index (χ1n) is 10.9. The van der Waals surface area contributed by atoms with Gasteiger partial charge in [0, 0.05) is 42.7 Å². The van der Waals surface area contributed by atoms with Crippen LogP contribution in [-0.4, -0.2) is 45.3 Å². The highest BCUT2D eigenvalue weighted by Gasteiger charge is 2.20. The van der Waals surface area contributed by atoms with E-state index in [1.54, 1.807) is 5.48 Å². The molecule has 0 bridgehead atoms. The summed E-state index contributed by atoms with van der Waals surface area (Å²) in [5.41, 5.74) is 4.45. The van der Waals surface area contributed by atoms with Crippen LogP contribution in [0.25, 0.3) is 22.3 Å². The molecule has 1 aliphatic rings. The zero-order chi connectivity index (χ0) is 21.8. The Balaban J connectivity index is 1.66. The number of ether oxygens (including phenoxy) is 1. The number of nitrogens with zero attached hydrogens (tertiary/aromatic N) is 4.